The number of hydrogen-bond acceptors (Lipinski definition) is 6. The first-order chi connectivity index (χ1) is 12.9. The maximum absolute atomic E-state index is 12.1. The van der Waals surface area contributed by atoms with Gasteiger partial charge < -0.3 is 20.1 Å². The van der Waals surface area contributed by atoms with E-state index in [9.17, 15) is 14.4 Å². The van der Waals surface area contributed by atoms with Gasteiger partial charge in [0.15, 0.2) is 0 Å². The van der Waals surface area contributed by atoms with Crippen molar-refractivity contribution in [3.8, 4) is 0 Å². The highest BCUT2D eigenvalue weighted by Crippen LogP contribution is 2.23. The second-order valence-electron chi connectivity index (χ2n) is 5.39. The predicted molar refractivity (Wildman–Crippen MR) is 102 cm³/mol. The molecule has 0 radical (unpaired) electrons. The van der Waals surface area contributed by atoms with Crippen LogP contribution in [0.2, 0.25) is 5.02 Å². The Morgan fingerprint density at radius 2 is 1.67 bits per heavy atom. The van der Waals surface area contributed by atoms with Crippen molar-refractivity contribution in [2.75, 3.05) is 30.9 Å². The Hall–Kier alpha value is -3.06. The fourth-order valence-electron chi connectivity index (χ4n) is 2.19. The number of rotatable bonds is 7. The molecule has 0 spiro atoms. The molecule has 8 heteroatoms. The first-order valence-corrected chi connectivity index (χ1v) is 8.51. The van der Waals surface area contributed by atoms with Crippen LogP contribution in [-0.4, -0.2) is 38.1 Å². The van der Waals surface area contributed by atoms with Gasteiger partial charge in [0.2, 0.25) is 5.91 Å². The standard InChI is InChI=1S/C19H19ClN2O5/c1-3-27-19(25)12-4-7-14(8-5-12)22-17(23)11-21-16-10-13(18(24)26-2)6-9-15(16)20/h4-10,21H,3,11H2,1-2H3,(H,22,23). The first-order valence-electron chi connectivity index (χ1n) is 8.13. The third-order valence-corrected chi connectivity index (χ3v) is 3.84. The molecule has 0 saturated heterocycles. The zero-order chi connectivity index (χ0) is 19.8. The molecule has 0 aromatic heterocycles. The van der Waals surface area contributed by atoms with E-state index in [2.05, 4.69) is 15.4 Å². The molecule has 0 unspecified atom stereocenters. The van der Waals surface area contributed by atoms with E-state index in [1.807, 2.05) is 0 Å². The summed E-state index contributed by atoms with van der Waals surface area (Å²) in [6, 6.07) is 10.9. The fourth-order valence-corrected chi connectivity index (χ4v) is 2.37. The summed E-state index contributed by atoms with van der Waals surface area (Å²) in [5.41, 5.74) is 1.69. The van der Waals surface area contributed by atoms with E-state index in [0.717, 1.165) is 0 Å². The average Bonchev–Trinajstić information content (AvgIpc) is 2.67. The highest BCUT2D eigenvalue weighted by molar-refractivity contribution is 6.33. The minimum Gasteiger partial charge on any atom is -0.465 e. The number of methoxy groups -OCH3 is 1. The Morgan fingerprint density at radius 1 is 1.00 bits per heavy atom. The number of amides is 1. The molecular weight excluding hydrogens is 372 g/mol. The lowest BCUT2D eigenvalue weighted by molar-refractivity contribution is -0.114. The van der Waals surface area contributed by atoms with Gasteiger partial charge in [-0.15, -0.1) is 0 Å². The van der Waals surface area contributed by atoms with E-state index in [1.54, 1.807) is 37.3 Å². The van der Waals surface area contributed by atoms with Gasteiger partial charge >= 0.3 is 11.9 Å². The molecule has 0 atom stereocenters. The molecular formula is C19H19ClN2O5. The number of halogens is 1. The second kappa shape index (κ2) is 9.59. The number of benzene rings is 2. The van der Waals surface area contributed by atoms with Crippen molar-refractivity contribution in [1.82, 2.24) is 0 Å². The van der Waals surface area contributed by atoms with Gasteiger partial charge in [0.1, 0.15) is 0 Å². The molecule has 0 heterocycles. The molecule has 0 saturated carbocycles. The van der Waals surface area contributed by atoms with Gasteiger partial charge in [-0.2, -0.15) is 0 Å². The lowest BCUT2D eigenvalue weighted by Crippen LogP contribution is -2.22. The van der Waals surface area contributed by atoms with Crippen molar-refractivity contribution < 1.29 is 23.9 Å². The lowest BCUT2D eigenvalue weighted by atomic mass is 10.2. The molecule has 27 heavy (non-hydrogen) atoms. The Morgan fingerprint density at radius 3 is 2.30 bits per heavy atom. The fraction of sp³-hybridized carbons (Fsp3) is 0.211. The topological polar surface area (TPSA) is 93.7 Å². The van der Waals surface area contributed by atoms with E-state index >= 15 is 0 Å². The van der Waals surface area contributed by atoms with Gasteiger partial charge in [-0.25, -0.2) is 9.59 Å². The molecule has 0 aliphatic carbocycles. The largest absolute Gasteiger partial charge is 0.465 e. The van der Waals surface area contributed by atoms with Gasteiger partial charge in [0.25, 0.3) is 0 Å². The van der Waals surface area contributed by atoms with Gasteiger partial charge in [0, 0.05) is 5.69 Å². The summed E-state index contributed by atoms with van der Waals surface area (Å²) in [5, 5.41) is 5.93. The third kappa shape index (κ3) is 5.72. The minimum atomic E-state index is -0.499. The summed E-state index contributed by atoms with van der Waals surface area (Å²) in [4.78, 5) is 35.3. The molecule has 0 aliphatic heterocycles. The van der Waals surface area contributed by atoms with Crippen molar-refractivity contribution in [1.29, 1.82) is 0 Å². The maximum Gasteiger partial charge on any atom is 0.338 e. The number of nitrogens with one attached hydrogen (secondary N) is 2. The summed E-state index contributed by atoms with van der Waals surface area (Å²) in [7, 11) is 1.28. The number of anilines is 2. The molecule has 2 aromatic rings. The van der Waals surface area contributed by atoms with Crippen molar-refractivity contribution in [2.45, 2.75) is 6.92 Å². The number of carbonyl (C=O) groups excluding carboxylic acids is 3. The highest BCUT2D eigenvalue weighted by atomic mass is 35.5. The van der Waals surface area contributed by atoms with E-state index in [-0.39, 0.29) is 12.5 Å². The molecule has 2 aromatic carbocycles. The van der Waals surface area contributed by atoms with Crippen molar-refractivity contribution in [3.05, 3.63) is 58.6 Å². The molecule has 142 valence electrons. The average molecular weight is 391 g/mol. The predicted octanol–water partition coefficient (Wildman–Crippen LogP) is 3.35. The quantitative estimate of drug-likeness (QED) is 0.704. The highest BCUT2D eigenvalue weighted by Gasteiger charge is 2.11. The molecule has 2 rings (SSSR count). The van der Waals surface area contributed by atoms with E-state index < -0.39 is 11.9 Å². The monoisotopic (exact) mass is 390 g/mol. The van der Waals surface area contributed by atoms with Crippen LogP contribution in [0.3, 0.4) is 0 Å². The molecule has 0 aliphatic rings. The lowest BCUT2D eigenvalue weighted by Gasteiger charge is -2.11. The summed E-state index contributed by atoms with van der Waals surface area (Å²) < 4.78 is 9.56. The SMILES string of the molecule is CCOC(=O)c1ccc(NC(=O)CNc2cc(C(=O)OC)ccc2Cl)cc1. The van der Waals surface area contributed by atoms with Crippen LogP contribution in [0.5, 0.6) is 0 Å². The Labute approximate surface area is 161 Å². The van der Waals surface area contributed by atoms with Gasteiger partial charge in [-0.1, -0.05) is 11.6 Å². The second-order valence-corrected chi connectivity index (χ2v) is 5.79. The van der Waals surface area contributed by atoms with Crippen molar-refractivity contribution in [2.24, 2.45) is 0 Å². The first kappa shape index (κ1) is 20.3. The van der Waals surface area contributed by atoms with Crippen LogP contribution in [0.15, 0.2) is 42.5 Å². The molecule has 0 fully saturated rings. The number of ether oxygens (including phenoxy) is 2. The maximum atomic E-state index is 12.1. The normalized spacial score (nSPS) is 10.0. The Balaban J connectivity index is 1.95. The van der Waals surface area contributed by atoms with Crippen LogP contribution >= 0.6 is 11.6 Å². The van der Waals surface area contributed by atoms with E-state index in [4.69, 9.17) is 16.3 Å². The Kier molecular flexibility index (Phi) is 7.19. The summed E-state index contributed by atoms with van der Waals surface area (Å²) >= 11 is 6.07. The van der Waals surface area contributed by atoms with Gasteiger partial charge in [0.05, 0.1) is 42.1 Å². The van der Waals surface area contributed by atoms with Gasteiger partial charge in [-0.3, -0.25) is 4.79 Å². The van der Waals surface area contributed by atoms with Crippen LogP contribution in [0.4, 0.5) is 11.4 Å². The van der Waals surface area contributed by atoms with Crippen LogP contribution in [0, 0.1) is 0 Å². The zero-order valence-corrected chi connectivity index (χ0v) is 15.6. The summed E-state index contributed by atoms with van der Waals surface area (Å²) in [6.07, 6.45) is 0. The number of carbonyl (C=O) groups is 3. The summed E-state index contributed by atoms with van der Waals surface area (Å²) in [5.74, 6) is -1.24. The van der Waals surface area contributed by atoms with Gasteiger partial charge in [-0.05, 0) is 49.4 Å². The zero-order valence-electron chi connectivity index (χ0n) is 14.9. The van der Waals surface area contributed by atoms with Crippen LogP contribution in [-0.2, 0) is 14.3 Å². The molecule has 2 N–H and O–H groups in total. The van der Waals surface area contributed by atoms with Crippen LogP contribution in [0.1, 0.15) is 27.6 Å². The minimum absolute atomic E-state index is 0.0655. The Bertz CT molecular complexity index is 836. The molecule has 7 nitrogen and oxygen atoms in total. The number of hydrogen-bond donors (Lipinski definition) is 2. The third-order valence-electron chi connectivity index (χ3n) is 3.51. The van der Waals surface area contributed by atoms with Crippen molar-refractivity contribution in [3.63, 3.8) is 0 Å². The number of esters is 2. The van der Waals surface area contributed by atoms with E-state index in [1.165, 1.54) is 19.2 Å². The molecule has 1 amide bonds. The molecule has 0 bridgehead atoms. The van der Waals surface area contributed by atoms with Crippen molar-refractivity contribution >= 4 is 40.8 Å². The smallest absolute Gasteiger partial charge is 0.338 e. The van der Waals surface area contributed by atoms with E-state index in [0.29, 0.717) is 34.1 Å². The van der Waals surface area contributed by atoms with Crippen LogP contribution < -0.4 is 10.6 Å². The van der Waals surface area contributed by atoms with Crippen LogP contribution in [0.25, 0.3) is 0 Å². The summed E-state index contributed by atoms with van der Waals surface area (Å²) in [6.45, 7) is 1.96.